The smallest absolute Gasteiger partial charge is 0.462 e. The topological polar surface area (TPSA) is 237 Å². The molecule has 82 heavy (non-hydrogen) atoms. The summed E-state index contributed by atoms with van der Waals surface area (Å²) in [7, 11) is -9.87. The second kappa shape index (κ2) is 55.6. The number of esters is 4. The van der Waals surface area contributed by atoms with E-state index in [1.807, 2.05) is 0 Å². The lowest BCUT2D eigenvalue weighted by molar-refractivity contribution is -0.161. The first kappa shape index (κ1) is 80.1. The van der Waals surface area contributed by atoms with Crippen molar-refractivity contribution >= 4 is 39.5 Å². The van der Waals surface area contributed by atoms with Crippen LogP contribution in [0.25, 0.3) is 0 Å². The summed E-state index contributed by atoms with van der Waals surface area (Å²) in [6, 6.07) is 0. The number of phosphoric ester groups is 2. The molecule has 2 unspecified atom stereocenters. The Kier molecular flexibility index (Phi) is 54.3. The number of hydrogen-bond acceptors (Lipinski definition) is 15. The highest BCUT2D eigenvalue weighted by molar-refractivity contribution is 7.47. The lowest BCUT2D eigenvalue weighted by Crippen LogP contribution is -2.30. The van der Waals surface area contributed by atoms with E-state index in [0.717, 1.165) is 109 Å². The van der Waals surface area contributed by atoms with Gasteiger partial charge in [-0.2, -0.15) is 0 Å². The molecule has 0 aromatic rings. The van der Waals surface area contributed by atoms with E-state index in [1.54, 1.807) is 0 Å². The van der Waals surface area contributed by atoms with E-state index >= 15 is 0 Å². The number of hydrogen-bond donors (Lipinski definition) is 3. The molecular weight excluding hydrogens is 1090 g/mol. The molecule has 0 saturated carbocycles. The van der Waals surface area contributed by atoms with Crippen LogP contribution in [0.5, 0.6) is 0 Å². The summed E-state index contributed by atoms with van der Waals surface area (Å²) in [6.45, 7) is 9.36. The van der Waals surface area contributed by atoms with Crippen LogP contribution in [0.15, 0.2) is 0 Å². The molecular formula is C63H122O17P2. The lowest BCUT2D eigenvalue weighted by Gasteiger charge is -2.21. The summed E-state index contributed by atoms with van der Waals surface area (Å²) < 4.78 is 67.7. The van der Waals surface area contributed by atoms with Crippen LogP contribution in [0, 0.1) is 11.8 Å². The first-order valence-electron chi connectivity index (χ1n) is 33.0. The van der Waals surface area contributed by atoms with Crippen LogP contribution in [-0.4, -0.2) is 96.7 Å². The fourth-order valence-corrected chi connectivity index (χ4v) is 10.9. The van der Waals surface area contributed by atoms with Gasteiger partial charge in [0.25, 0.3) is 0 Å². The standard InChI is InChI=1S/C63H122O17P2/c1-7-9-11-13-14-15-23-28-35-41-47-62(67)79-58(51-73-60(65)45-39-31-12-10-8-2)53-77-81(69,70)75-49-57(64)50-76-82(71,72)78-54-59(52-74-61(66)46-40-34-30-25-27-33-38-44-56(5)6)80-63(68)48-42-36-29-24-21-19-17-16-18-20-22-26-32-37-43-55(3)4/h55-59,64H,7-54H2,1-6H3,(H,69,70)(H,71,72)/t57-,58+,59+/m0/s1. The molecule has 0 aliphatic heterocycles. The summed E-state index contributed by atoms with van der Waals surface area (Å²) in [4.78, 5) is 71.9. The lowest BCUT2D eigenvalue weighted by atomic mass is 10.0. The van der Waals surface area contributed by atoms with Crippen molar-refractivity contribution in [1.29, 1.82) is 0 Å². The van der Waals surface area contributed by atoms with Crippen molar-refractivity contribution in [2.24, 2.45) is 11.8 Å². The van der Waals surface area contributed by atoms with Crippen LogP contribution in [-0.2, 0) is 65.4 Å². The maximum absolute atomic E-state index is 13.0. The number of carbonyl (C=O) groups is 4. The maximum Gasteiger partial charge on any atom is 0.472 e. The molecule has 0 aromatic heterocycles. The van der Waals surface area contributed by atoms with Crippen LogP contribution in [0.2, 0.25) is 0 Å². The van der Waals surface area contributed by atoms with Gasteiger partial charge in [0.05, 0.1) is 26.4 Å². The number of aliphatic hydroxyl groups excluding tert-OH is 1. The predicted molar refractivity (Wildman–Crippen MR) is 326 cm³/mol. The minimum absolute atomic E-state index is 0.105. The Morgan fingerprint density at radius 2 is 0.561 bits per heavy atom. The van der Waals surface area contributed by atoms with Gasteiger partial charge in [-0.15, -0.1) is 0 Å². The zero-order valence-electron chi connectivity index (χ0n) is 52.8. The highest BCUT2D eigenvalue weighted by atomic mass is 31.2. The fraction of sp³-hybridized carbons (Fsp3) is 0.937. The van der Waals surface area contributed by atoms with Crippen LogP contribution in [0.4, 0.5) is 0 Å². The van der Waals surface area contributed by atoms with Crippen molar-refractivity contribution in [3.8, 4) is 0 Å². The minimum Gasteiger partial charge on any atom is -0.462 e. The average molecular weight is 1210 g/mol. The molecule has 0 radical (unpaired) electrons. The van der Waals surface area contributed by atoms with E-state index in [0.29, 0.717) is 31.6 Å². The molecule has 19 heteroatoms. The number of unbranched alkanes of at least 4 members (excludes halogenated alkanes) is 32. The molecule has 0 amide bonds. The van der Waals surface area contributed by atoms with E-state index in [9.17, 15) is 43.2 Å². The second-order valence-corrected chi connectivity index (χ2v) is 26.7. The van der Waals surface area contributed by atoms with Crippen molar-refractivity contribution in [2.45, 2.75) is 330 Å². The molecule has 0 aliphatic rings. The Hall–Kier alpha value is -1.94. The SMILES string of the molecule is CCCCCCCCCCCCC(=O)O[C@H](COC(=O)CCCCCCC)COP(=O)(O)OC[C@H](O)COP(=O)(O)OC[C@@H](COC(=O)CCCCCCCCCC(C)C)OC(=O)CCCCCCCCCCCCCCCCC(C)C. The molecule has 486 valence electrons. The number of ether oxygens (including phenoxy) is 4. The average Bonchev–Trinajstić information content (AvgIpc) is 3.45. The Bertz CT molecular complexity index is 1620. The van der Waals surface area contributed by atoms with Crippen LogP contribution < -0.4 is 0 Å². The molecule has 0 aliphatic carbocycles. The summed E-state index contributed by atoms with van der Waals surface area (Å²) in [5.41, 5.74) is 0. The predicted octanol–water partition coefficient (Wildman–Crippen LogP) is 17.3. The fourth-order valence-electron chi connectivity index (χ4n) is 9.35. The van der Waals surface area contributed by atoms with Crippen LogP contribution in [0.1, 0.15) is 311 Å². The van der Waals surface area contributed by atoms with Gasteiger partial charge in [0.1, 0.15) is 19.3 Å². The van der Waals surface area contributed by atoms with Gasteiger partial charge >= 0.3 is 39.5 Å². The van der Waals surface area contributed by atoms with Gasteiger partial charge in [0, 0.05) is 25.7 Å². The van der Waals surface area contributed by atoms with Gasteiger partial charge in [0.2, 0.25) is 0 Å². The minimum atomic E-state index is -4.94. The van der Waals surface area contributed by atoms with Gasteiger partial charge in [-0.3, -0.25) is 37.3 Å². The number of phosphoric acid groups is 2. The largest absolute Gasteiger partial charge is 0.472 e. The molecule has 17 nitrogen and oxygen atoms in total. The van der Waals surface area contributed by atoms with Gasteiger partial charge in [-0.1, -0.05) is 260 Å². The van der Waals surface area contributed by atoms with Gasteiger partial charge in [0.15, 0.2) is 12.2 Å². The highest BCUT2D eigenvalue weighted by Gasteiger charge is 2.30. The molecule has 3 N–H and O–H groups in total. The summed E-state index contributed by atoms with van der Waals surface area (Å²) in [6.07, 6.45) is 38.0. The van der Waals surface area contributed by atoms with E-state index < -0.39 is 97.5 Å². The Morgan fingerprint density at radius 3 is 0.829 bits per heavy atom. The maximum atomic E-state index is 13.0. The van der Waals surface area contributed by atoms with E-state index in [4.69, 9.17) is 37.0 Å². The first-order chi connectivity index (χ1) is 39.4. The second-order valence-electron chi connectivity index (χ2n) is 23.7. The molecule has 0 spiro atoms. The first-order valence-corrected chi connectivity index (χ1v) is 36.0. The van der Waals surface area contributed by atoms with Crippen molar-refractivity contribution < 1.29 is 80.2 Å². The van der Waals surface area contributed by atoms with Crippen molar-refractivity contribution in [3.05, 3.63) is 0 Å². The third-order valence-electron chi connectivity index (χ3n) is 14.5. The van der Waals surface area contributed by atoms with Crippen LogP contribution >= 0.6 is 15.6 Å². The number of carbonyl (C=O) groups excluding carboxylic acids is 4. The molecule has 0 aromatic carbocycles. The van der Waals surface area contributed by atoms with E-state index in [1.165, 1.54) is 116 Å². The van der Waals surface area contributed by atoms with E-state index in [2.05, 4.69) is 41.5 Å². The highest BCUT2D eigenvalue weighted by Crippen LogP contribution is 2.45. The van der Waals surface area contributed by atoms with Gasteiger partial charge < -0.3 is 33.8 Å². The Balaban J connectivity index is 5.14. The molecule has 0 bridgehead atoms. The zero-order chi connectivity index (χ0) is 60.8. The molecule has 5 atom stereocenters. The van der Waals surface area contributed by atoms with E-state index in [-0.39, 0.29) is 25.7 Å². The monoisotopic (exact) mass is 1210 g/mol. The third kappa shape index (κ3) is 57.2. The van der Waals surface area contributed by atoms with Crippen LogP contribution in [0.3, 0.4) is 0 Å². The summed E-state index contributed by atoms with van der Waals surface area (Å²) in [5, 5.41) is 10.5. The quantitative estimate of drug-likeness (QED) is 0.0222. The Labute approximate surface area is 498 Å². The van der Waals surface area contributed by atoms with Crippen molar-refractivity contribution in [3.63, 3.8) is 0 Å². The molecule has 0 saturated heterocycles. The molecule has 0 rings (SSSR count). The number of rotatable bonds is 62. The summed E-state index contributed by atoms with van der Waals surface area (Å²) >= 11 is 0. The number of aliphatic hydroxyl groups is 1. The van der Waals surface area contributed by atoms with Gasteiger partial charge in [-0.05, 0) is 37.5 Å². The van der Waals surface area contributed by atoms with Crippen molar-refractivity contribution in [1.82, 2.24) is 0 Å². The summed E-state index contributed by atoms with van der Waals surface area (Å²) in [5.74, 6) is -0.647. The normalized spacial score (nSPS) is 14.3. The molecule has 0 fully saturated rings. The Morgan fingerprint density at radius 1 is 0.329 bits per heavy atom. The van der Waals surface area contributed by atoms with Crippen molar-refractivity contribution in [2.75, 3.05) is 39.6 Å². The molecule has 0 heterocycles. The zero-order valence-corrected chi connectivity index (χ0v) is 54.6. The van der Waals surface area contributed by atoms with Gasteiger partial charge in [-0.25, -0.2) is 9.13 Å². The third-order valence-corrected chi connectivity index (χ3v) is 16.4.